The fraction of sp³-hybridized carbons (Fsp3) is 0.111. The maximum absolute atomic E-state index is 14.5. The van der Waals surface area contributed by atoms with Crippen molar-refractivity contribution in [3.63, 3.8) is 0 Å². The van der Waals surface area contributed by atoms with Crippen molar-refractivity contribution in [3.05, 3.63) is 64.0 Å². The molecule has 12 heteroatoms. The van der Waals surface area contributed by atoms with Gasteiger partial charge in [-0.3, -0.25) is 0 Å². The van der Waals surface area contributed by atoms with Crippen LogP contribution in [0, 0.1) is 54.6 Å². The van der Waals surface area contributed by atoms with Crippen molar-refractivity contribution in [2.45, 2.75) is 13.8 Å². The highest BCUT2D eigenvalue weighted by molar-refractivity contribution is 6.30. The molecule has 0 bridgehead atoms. The number of anilines is 1. The third-order valence-corrected chi connectivity index (χ3v) is 4.44. The minimum absolute atomic E-state index is 0.164. The molecule has 0 saturated carbocycles. The van der Waals surface area contributed by atoms with Crippen molar-refractivity contribution in [3.8, 4) is 11.1 Å². The predicted molar refractivity (Wildman–Crippen MR) is 95.4 cm³/mol. The first kappa shape index (κ1) is 23.5. The molecule has 0 fully saturated rings. The molecule has 3 aromatic carbocycles. The van der Waals surface area contributed by atoms with E-state index in [2.05, 4.69) is 0 Å². The van der Waals surface area contributed by atoms with Crippen LogP contribution in [0.1, 0.15) is 11.1 Å². The zero-order valence-electron chi connectivity index (χ0n) is 15.3. The Kier molecular flexibility index (Phi) is 6.65. The molecule has 0 amide bonds. The smallest absolute Gasteiger partial charge is 0.402 e. The van der Waals surface area contributed by atoms with E-state index in [0.717, 1.165) is 0 Å². The molecule has 30 heavy (non-hydrogen) atoms. The summed E-state index contributed by atoms with van der Waals surface area (Å²) in [5.74, 6) is -14.9. The Morgan fingerprint density at radius 1 is 0.633 bits per heavy atom. The second kappa shape index (κ2) is 8.50. The van der Waals surface area contributed by atoms with Crippen LogP contribution in [0.5, 0.6) is 0 Å². The summed E-state index contributed by atoms with van der Waals surface area (Å²) in [4.78, 5) is 0. The van der Waals surface area contributed by atoms with Gasteiger partial charge in [0.15, 0.2) is 40.7 Å². The van der Waals surface area contributed by atoms with E-state index in [0.29, 0.717) is 5.56 Å². The van der Waals surface area contributed by atoms with Gasteiger partial charge in [0.05, 0.1) is 5.39 Å². The van der Waals surface area contributed by atoms with Crippen LogP contribution in [-0.4, -0.2) is 22.4 Å². The Bertz CT molecular complexity index is 1140. The van der Waals surface area contributed by atoms with E-state index in [1.165, 1.54) is 26.0 Å². The first-order chi connectivity index (χ1) is 13.8. The number of halogens is 7. The summed E-state index contributed by atoms with van der Waals surface area (Å²) in [5.41, 5.74) is 5.56. The minimum atomic E-state index is -2.32. The Morgan fingerprint density at radius 2 is 1.03 bits per heavy atom. The second-order valence-corrected chi connectivity index (χ2v) is 6.12. The summed E-state index contributed by atoms with van der Waals surface area (Å²) >= 11 is 0. The molecular formula is C18H13BF7NO3. The molecule has 0 spiro atoms. The third-order valence-electron chi connectivity index (χ3n) is 4.44. The maximum atomic E-state index is 14.5. The Hall–Kier alpha value is -2.83. The molecule has 0 aliphatic carbocycles. The van der Waals surface area contributed by atoms with Crippen molar-refractivity contribution < 1.29 is 45.8 Å². The van der Waals surface area contributed by atoms with E-state index in [9.17, 15) is 30.7 Å². The molecular weight excluding hydrogens is 422 g/mol. The molecule has 0 atom stereocenters. The van der Waals surface area contributed by atoms with Crippen molar-refractivity contribution in [1.82, 2.24) is 0 Å². The number of hydrogen-bond acceptors (Lipinski definition) is 4. The van der Waals surface area contributed by atoms with E-state index in [1.54, 1.807) is 0 Å². The van der Waals surface area contributed by atoms with Crippen LogP contribution >= 0.6 is 0 Å². The minimum Gasteiger partial charge on any atom is -0.402 e. The standard InChI is InChI=1S/C18H10F7N.BH3O3/c1-5-6(2)8(26)4-3-7(5)9-10-11(14(21)16(23)12(9)19)15(22)18(25)17(24)13(10)20;2-1(3)4/h3-4H,26H2,1-2H3;2-4H. The van der Waals surface area contributed by atoms with Crippen molar-refractivity contribution in [2.24, 2.45) is 0 Å². The van der Waals surface area contributed by atoms with Crippen LogP contribution in [0.4, 0.5) is 36.4 Å². The van der Waals surface area contributed by atoms with Gasteiger partial charge in [-0.25, -0.2) is 30.7 Å². The molecule has 0 heterocycles. The van der Waals surface area contributed by atoms with Gasteiger partial charge in [-0.1, -0.05) is 6.07 Å². The van der Waals surface area contributed by atoms with Crippen LogP contribution in [0.3, 0.4) is 0 Å². The zero-order valence-corrected chi connectivity index (χ0v) is 15.3. The van der Waals surface area contributed by atoms with Crippen molar-refractivity contribution in [1.29, 1.82) is 0 Å². The molecule has 3 rings (SSSR count). The largest absolute Gasteiger partial charge is 0.631 e. The highest BCUT2D eigenvalue weighted by Gasteiger charge is 2.31. The highest BCUT2D eigenvalue weighted by Crippen LogP contribution is 2.41. The third kappa shape index (κ3) is 3.81. The lowest BCUT2D eigenvalue weighted by Crippen LogP contribution is -2.07. The summed E-state index contributed by atoms with van der Waals surface area (Å²) in [5, 5.41) is 18.8. The normalized spacial score (nSPS) is 10.8. The Morgan fingerprint density at radius 3 is 1.50 bits per heavy atom. The van der Waals surface area contributed by atoms with Crippen LogP contribution < -0.4 is 5.73 Å². The van der Waals surface area contributed by atoms with Gasteiger partial charge >= 0.3 is 7.32 Å². The molecule has 0 unspecified atom stereocenters. The molecule has 0 aromatic heterocycles. The van der Waals surface area contributed by atoms with E-state index < -0.39 is 64.4 Å². The van der Waals surface area contributed by atoms with Gasteiger partial charge < -0.3 is 20.8 Å². The van der Waals surface area contributed by atoms with Gasteiger partial charge in [0.2, 0.25) is 0 Å². The first-order valence-corrected chi connectivity index (χ1v) is 8.05. The molecule has 160 valence electrons. The summed E-state index contributed by atoms with van der Waals surface area (Å²) < 4.78 is 98.0. The molecule has 4 nitrogen and oxygen atoms in total. The lowest BCUT2D eigenvalue weighted by atomic mass is 9.91. The summed E-state index contributed by atoms with van der Waals surface area (Å²) in [6, 6.07) is 2.46. The zero-order chi connectivity index (χ0) is 23.1. The summed E-state index contributed by atoms with van der Waals surface area (Å²) in [6.07, 6.45) is 0. The number of nitrogens with two attached hydrogens (primary N) is 1. The molecule has 0 saturated heterocycles. The van der Waals surface area contributed by atoms with E-state index in [1.807, 2.05) is 0 Å². The maximum Gasteiger partial charge on any atom is 0.631 e. The lowest BCUT2D eigenvalue weighted by Gasteiger charge is -2.17. The van der Waals surface area contributed by atoms with Gasteiger partial charge in [0, 0.05) is 16.6 Å². The second-order valence-electron chi connectivity index (χ2n) is 6.12. The number of hydrogen-bond donors (Lipinski definition) is 4. The van der Waals surface area contributed by atoms with Crippen LogP contribution in [0.15, 0.2) is 12.1 Å². The number of rotatable bonds is 1. The van der Waals surface area contributed by atoms with E-state index in [-0.39, 0.29) is 16.8 Å². The molecule has 3 aromatic rings. The first-order valence-electron chi connectivity index (χ1n) is 8.05. The summed E-state index contributed by atoms with van der Waals surface area (Å²) in [6.45, 7) is 2.97. The number of benzene rings is 3. The van der Waals surface area contributed by atoms with Crippen LogP contribution in [0.2, 0.25) is 0 Å². The van der Waals surface area contributed by atoms with Gasteiger partial charge in [-0.05, 0) is 36.6 Å². The van der Waals surface area contributed by atoms with Gasteiger partial charge in [-0.15, -0.1) is 0 Å². The average Bonchev–Trinajstić information content (AvgIpc) is 2.67. The quantitative estimate of drug-likeness (QED) is 0.155. The molecule has 0 radical (unpaired) electrons. The van der Waals surface area contributed by atoms with Crippen molar-refractivity contribution in [2.75, 3.05) is 5.73 Å². The monoisotopic (exact) mass is 435 g/mol. The fourth-order valence-electron chi connectivity index (χ4n) is 2.86. The summed E-state index contributed by atoms with van der Waals surface area (Å²) in [7, 11) is -2.17. The average molecular weight is 435 g/mol. The molecule has 0 aliphatic rings. The van der Waals surface area contributed by atoms with Gasteiger partial charge in [0.25, 0.3) is 0 Å². The van der Waals surface area contributed by atoms with E-state index >= 15 is 0 Å². The number of fused-ring (bicyclic) bond motifs is 1. The Balaban J connectivity index is 0.000000735. The van der Waals surface area contributed by atoms with Crippen molar-refractivity contribution >= 4 is 23.8 Å². The topological polar surface area (TPSA) is 86.7 Å². The SMILES string of the molecule is Cc1c(N)ccc(-c2c(F)c(F)c(F)c3c(F)c(F)c(F)c(F)c23)c1C.OB(O)O. The van der Waals surface area contributed by atoms with Gasteiger partial charge in [-0.2, -0.15) is 0 Å². The lowest BCUT2D eigenvalue weighted by molar-refractivity contribution is 0.278. The molecule has 5 N–H and O–H groups in total. The Labute approximate surface area is 165 Å². The predicted octanol–water partition coefficient (Wildman–Crippen LogP) is 3.63. The number of nitrogen functional groups attached to an aromatic ring is 1. The van der Waals surface area contributed by atoms with Gasteiger partial charge in [0.1, 0.15) is 0 Å². The van der Waals surface area contributed by atoms with Crippen LogP contribution in [0.25, 0.3) is 21.9 Å². The van der Waals surface area contributed by atoms with Crippen LogP contribution in [-0.2, 0) is 0 Å². The fourth-order valence-corrected chi connectivity index (χ4v) is 2.86. The molecule has 0 aliphatic heterocycles. The highest BCUT2D eigenvalue weighted by atomic mass is 19.2. The van der Waals surface area contributed by atoms with E-state index in [4.69, 9.17) is 20.8 Å².